The summed E-state index contributed by atoms with van der Waals surface area (Å²) in [6.07, 6.45) is 0. The van der Waals surface area contributed by atoms with E-state index in [1.807, 2.05) is 6.92 Å². The lowest BCUT2D eigenvalue weighted by atomic mass is 10.4. The largest absolute Gasteiger partial charge is 0.0878 e. The topological polar surface area (TPSA) is 0 Å². The van der Waals surface area contributed by atoms with Gasteiger partial charge in [0.25, 0.3) is 0 Å². The van der Waals surface area contributed by atoms with Gasteiger partial charge in [-0.15, -0.1) is 0 Å². The van der Waals surface area contributed by atoms with Crippen molar-refractivity contribution < 1.29 is 0 Å². The Morgan fingerprint density at radius 2 is 1.83 bits per heavy atom. The van der Waals surface area contributed by atoms with Gasteiger partial charge in [0.05, 0.1) is 4.83 Å². The summed E-state index contributed by atoms with van der Waals surface area (Å²) in [6, 6.07) is 0. The summed E-state index contributed by atoms with van der Waals surface area (Å²) in [4.78, 5) is 1.74. The standard InChI is InChI=1S/C4H7Br2/c1-3(5)4(2)6/h3H,1-2H3. The zero-order valence-corrected chi connectivity index (χ0v) is 7.01. The molecule has 0 N–H and O–H groups in total. The summed E-state index contributed by atoms with van der Waals surface area (Å²) in [5.74, 6) is 0. The van der Waals surface area contributed by atoms with Gasteiger partial charge >= 0.3 is 0 Å². The van der Waals surface area contributed by atoms with Crippen LogP contribution in [0.1, 0.15) is 13.8 Å². The van der Waals surface area contributed by atoms with Crippen molar-refractivity contribution in [2.45, 2.75) is 18.7 Å². The molecule has 1 radical (unpaired) electrons. The lowest BCUT2D eigenvalue weighted by molar-refractivity contribution is 1.11. The van der Waals surface area contributed by atoms with E-state index in [0.717, 1.165) is 0 Å². The smallest absolute Gasteiger partial charge is 0.0512 e. The van der Waals surface area contributed by atoms with Gasteiger partial charge in [-0.25, -0.2) is 0 Å². The zero-order chi connectivity index (χ0) is 5.15. The summed E-state index contributed by atoms with van der Waals surface area (Å²) >= 11 is 6.66. The van der Waals surface area contributed by atoms with Crippen LogP contribution in [0.4, 0.5) is 0 Å². The SMILES string of the molecule is C[C](Br)C(C)Br. The fourth-order valence-corrected chi connectivity index (χ4v) is 0. The molecule has 1 atom stereocenters. The molecule has 0 rings (SSSR count). The maximum Gasteiger partial charge on any atom is 0.0512 e. The van der Waals surface area contributed by atoms with Gasteiger partial charge in [-0.2, -0.15) is 0 Å². The van der Waals surface area contributed by atoms with E-state index in [9.17, 15) is 0 Å². The summed E-state index contributed by atoms with van der Waals surface area (Å²) in [5, 5.41) is 0. The molecule has 0 heterocycles. The minimum atomic E-state index is 0.498. The number of halogens is 2. The maximum atomic E-state index is 3.35. The predicted molar refractivity (Wildman–Crippen MR) is 36.2 cm³/mol. The minimum absolute atomic E-state index is 0.498. The van der Waals surface area contributed by atoms with E-state index in [2.05, 4.69) is 38.8 Å². The van der Waals surface area contributed by atoms with Gasteiger partial charge in [0.1, 0.15) is 0 Å². The van der Waals surface area contributed by atoms with Crippen LogP contribution < -0.4 is 0 Å². The van der Waals surface area contributed by atoms with Crippen LogP contribution in [0.2, 0.25) is 0 Å². The van der Waals surface area contributed by atoms with Gasteiger partial charge in [-0.3, -0.25) is 0 Å². The Morgan fingerprint density at radius 1 is 1.67 bits per heavy atom. The first-order valence-corrected chi connectivity index (χ1v) is 3.48. The van der Waals surface area contributed by atoms with Crippen LogP contribution in [-0.4, -0.2) is 4.83 Å². The quantitative estimate of drug-likeness (QED) is 0.589. The van der Waals surface area contributed by atoms with Gasteiger partial charge in [-0.1, -0.05) is 38.8 Å². The molecule has 0 saturated carbocycles. The first-order valence-electron chi connectivity index (χ1n) is 1.77. The van der Waals surface area contributed by atoms with E-state index in [1.54, 1.807) is 0 Å². The highest BCUT2D eigenvalue weighted by Gasteiger charge is 2.01. The lowest BCUT2D eigenvalue weighted by Crippen LogP contribution is -1.92. The van der Waals surface area contributed by atoms with Crippen molar-refractivity contribution in [1.29, 1.82) is 0 Å². The monoisotopic (exact) mass is 213 g/mol. The van der Waals surface area contributed by atoms with Crippen LogP contribution in [0.3, 0.4) is 0 Å². The fourth-order valence-electron chi connectivity index (χ4n) is 0. The molecule has 0 amide bonds. The summed E-state index contributed by atoms with van der Waals surface area (Å²) in [6.45, 7) is 4.10. The summed E-state index contributed by atoms with van der Waals surface area (Å²) in [7, 11) is 0. The molecule has 1 unspecified atom stereocenters. The maximum absolute atomic E-state index is 3.35. The average molecular weight is 215 g/mol. The molecule has 0 aliphatic rings. The van der Waals surface area contributed by atoms with Crippen molar-refractivity contribution >= 4 is 31.9 Å². The van der Waals surface area contributed by atoms with Gasteiger partial charge in [-0.05, 0) is 6.92 Å². The van der Waals surface area contributed by atoms with Crippen molar-refractivity contribution in [3.8, 4) is 0 Å². The Hall–Kier alpha value is 0.960. The van der Waals surface area contributed by atoms with E-state index in [4.69, 9.17) is 0 Å². The second kappa shape index (κ2) is 3.03. The van der Waals surface area contributed by atoms with Gasteiger partial charge in [0.2, 0.25) is 0 Å². The zero-order valence-electron chi connectivity index (χ0n) is 3.83. The molecule has 0 aromatic heterocycles. The summed E-state index contributed by atoms with van der Waals surface area (Å²) in [5.41, 5.74) is 0. The molecule has 0 aromatic rings. The first kappa shape index (κ1) is 6.96. The summed E-state index contributed by atoms with van der Waals surface area (Å²) < 4.78 is 0. The van der Waals surface area contributed by atoms with E-state index < -0.39 is 0 Å². The Morgan fingerprint density at radius 3 is 1.83 bits per heavy atom. The third kappa shape index (κ3) is 3.16. The number of rotatable bonds is 1. The van der Waals surface area contributed by atoms with Crippen molar-refractivity contribution in [2.24, 2.45) is 0 Å². The molecular formula is C4H7Br2. The molecule has 0 nitrogen and oxygen atoms in total. The van der Waals surface area contributed by atoms with Crippen LogP contribution in [0.15, 0.2) is 0 Å². The third-order valence-electron chi connectivity index (χ3n) is 0.548. The highest BCUT2D eigenvalue weighted by molar-refractivity contribution is 9.13. The van der Waals surface area contributed by atoms with Gasteiger partial charge in [0, 0.05) is 4.83 Å². The second-order valence-electron chi connectivity index (χ2n) is 1.20. The number of hydrogen-bond acceptors (Lipinski definition) is 0. The van der Waals surface area contributed by atoms with E-state index in [0.29, 0.717) is 4.83 Å². The minimum Gasteiger partial charge on any atom is -0.0878 e. The van der Waals surface area contributed by atoms with Crippen LogP contribution in [0, 0.1) is 4.83 Å². The predicted octanol–water partition coefficient (Wildman–Crippen LogP) is 2.72. The highest BCUT2D eigenvalue weighted by atomic mass is 79.9. The second-order valence-corrected chi connectivity index (χ2v) is 3.83. The van der Waals surface area contributed by atoms with Crippen molar-refractivity contribution in [2.75, 3.05) is 0 Å². The molecular weight excluding hydrogens is 208 g/mol. The molecule has 0 bridgehead atoms. The Bertz CT molecular complexity index is 26.5. The highest BCUT2D eigenvalue weighted by Crippen LogP contribution is 2.19. The normalized spacial score (nSPS) is 15.5. The van der Waals surface area contributed by atoms with Crippen molar-refractivity contribution in [1.82, 2.24) is 0 Å². The van der Waals surface area contributed by atoms with Gasteiger partial charge < -0.3 is 0 Å². The fraction of sp³-hybridized carbons (Fsp3) is 0.750. The Labute approximate surface area is 55.6 Å². The molecule has 0 aromatic carbocycles. The van der Waals surface area contributed by atoms with E-state index in [-0.39, 0.29) is 0 Å². The van der Waals surface area contributed by atoms with E-state index >= 15 is 0 Å². The molecule has 37 valence electrons. The van der Waals surface area contributed by atoms with Crippen LogP contribution in [0.5, 0.6) is 0 Å². The molecule has 0 spiro atoms. The Balaban J connectivity index is 2.99. The van der Waals surface area contributed by atoms with Gasteiger partial charge in [0.15, 0.2) is 0 Å². The molecule has 2 heteroatoms. The third-order valence-corrected chi connectivity index (χ3v) is 2.54. The number of hydrogen-bond donors (Lipinski definition) is 0. The molecule has 6 heavy (non-hydrogen) atoms. The lowest BCUT2D eigenvalue weighted by Gasteiger charge is -2.00. The van der Waals surface area contributed by atoms with E-state index in [1.165, 1.54) is 4.83 Å². The van der Waals surface area contributed by atoms with Crippen LogP contribution in [0.25, 0.3) is 0 Å². The molecule has 0 aliphatic heterocycles. The molecule has 0 fully saturated rings. The van der Waals surface area contributed by atoms with Crippen molar-refractivity contribution in [3.63, 3.8) is 0 Å². The van der Waals surface area contributed by atoms with Crippen molar-refractivity contribution in [3.05, 3.63) is 4.83 Å². The number of alkyl halides is 1. The Kier molecular flexibility index (Phi) is 3.51. The molecule has 0 saturated heterocycles. The van der Waals surface area contributed by atoms with Crippen LogP contribution >= 0.6 is 31.9 Å². The molecule has 0 aliphatic carbocycles. The average Bonchev–Trinajstić information content (AvgIpc) is 1.36. The first-order chi connectivity index (χ1) is 2.64. The van der Waals surface area contributed by atoms with Crippen LogP contribution in [-0.2, 0) is 0 Å².